The lowest BCUT2D eigenvalue weighted by Gasteiger charge is -2.08. The second kappa shape index (κ2) is 4.60. The number of carbonyl (C=O) groups excluding carboxylic acids is 2. The highest BCUT2D eigenvalue weighted by Crippen LogP contribution is 2.25. The number of aryl methyl sites for hydroxylation is 1. The van der Waals surface area contributed by atoms with E-state index in [1.807, 2.05) is 38.1 Å². The van der Waals surface area contributed by atoms with Gasteiger partial charge in [-0.25, -0.2) is 0 Å². The Morgan fingerprint density at radius 2 is 1.95 bits per heavy atom. The zero-order valence-electron chi connectivity index (χ0n) is 11.5. The van der Waals surface area contributed by atoms with Gasteiger partial charge in [-0.15, -0.1) is 0 Å². The number of fused-ring (bicyclic) bond motifs is 1. The lowest BCUT2D eigenvalue weighted by atomic mass is 9.95. The average molecular weight is 265 g/mol. The standard InChI is InChI=1S/C17H15NO2/c1-10-4-3-5-14(11(10)2)17(20)12-6-7-15-13(8-12)9-16(19)18-15/h3-8H,9H2,1-2H3,(H,18,19). The monoisotopic (exact) mass is 265 g/mol. The lowest BCUT2D eigenvalue weighted by Crippen LogP contribution is -2.05. The number of hydrogen-bond donors (Lipinski definition) is 1. The van der Waals surface area contributed by atoms with Gasteiger partial charge < -0.3 is 5.32 Å². The predicted octanol–water partition coefficient (Wildman–Crippen LogP) is 3.03. The van der Waals surface area contributed by atoms with Crippen LogP contribution in [-0.2, 0) is 11.2 Å². The summed E-state index contributed by atoms with van der Waals surface area (Å²) in [5.41, 5.74) is 5.18. The van der Waals surface area contributed by atoms with Crippen LogP contribution in [0.15, 0.2) is 36.4 Å². The molecule has 3 heteroatoms. The van der Waals surface area contributed by atoms with Crippen molar-refractivity contribution in [2.24, 2.45) is 0 Å². The van der Waals surface area contributed by atoms with Crippen LogP contribution in [0.25, 0.3) is 0 Å². The van der Waals surface area contributed by atoms with E-state index in [-0.39, 0.29) is 11.7 Å². The molecule has 0 bridgehead atoms. The molecule has 1 heterocycles. The molecule has 0 unspecified atom stereocenters. The van der Waals surface area contributed by atoms with Crippen LogP contribution in [0.5, 0.6) is 0 Å². The number of ketones is 1. The Labute approximate surface area is 117 Å². The van der Waals surface area contributed by atoms with Gasteiger partial charge >= 0.3 is 0 Å². The van der Waals surface area contributed by atoms with E-state index < -0.39 is 0 Å². The third-order valence-corrected chi connectivity index (χ3v) is 3.84. The normalized spacial score (nSPS) is 13.0. The summed E-state index contributed by atoms with van der Waals surface area (Å²) >= 11 is 0. The fourth-order valence-electron chi connectivity index (χ4n) is 2.52. The van der Waals surface area contributed by atoms with Crippen molar-refractivity contribution in [2.45, 2.75) is 20.3 Å². The third kappa shape index (κ3) is 2.01. The highest BCUT2D eigenvalue weighted by molar-refractivity contribution is 6.11. The number of nitrogens with one attached hydrogen (secondary N) is 1. The molecule has 1 aliphatic heterocycles. The fourth-order valence-corrected chi connectivity index (χ4v) is 2.52. The van der Waals surface area contributed by atoms with Gasteiger partial charge in [-0.1, -0.05) is 18.2 Å². The molecule has 2 aromatic carbocycles. The van der Waals surface area contributed by atoms with Crippen molar-refractivity contribution in [1.82, 2.24) is 0 Å². The second-order valence-corrected chi connectivity index (χ2v) is 5.17. The van der Waals surface area contributed by atoms with Gasteiger partial charge in [0.15, 0.2) is 5.78 Å². The minimum Gasteiger partial charge on any atom is -0.326 e. The van der Waals surface area contributed by atoms with E-state index >= 15 is 0 Å². The zero-order chi connectivity index (χ0) is 14.3. The molecule has 3 nitrogen and oxygen atoms in total. The minimum atomic E-state index is -0.0173. The van der Waals surface area contributed by atoms with Gasteiger partial charge in [-0.3, -0.25) is 9.59 Å². The Morgan fingerprint density at radius 3 is 2.75 bits per heavy atom. The first kappa shape index (κ1) is 12.6. The summed E-state index contributed by atoms with van der Waals surface area (Å²) in [7, 11) is 0. The summed E-state index contributed by atoms with van der Waals surface area (Å²) in [6.45, 7) is 3.96. The molecule has 1 amide bonds. The molecule has 0 saturated carbocycles. The average Bonchev–Trinajstić information content (AvgIpc) is 2.80. The third-order valence-electron chi connectivity index (χ3n) is 3.84. The smallest absolute Gasteiger partial charge is 0.228 e. The summed E-state index contributed by atoms with van der Waals surface area (Å²) in [6, 6.07) is 11.1. The topological polar surface area (TPSA) is 46.2 Å². The van der Waals surface area contributed by atoms with Gasteiger partial charge in [0.05, 0.1) is 6.42 Å². The largest absolute Gasteiger partial charge is 0.326 e. The highest BCUT2D eigenvalue weighted by atomic mass is 16.1. The first-order valence-electron chi connectivity index (χ1n) is 6.60. The van der Waals surface area contributed by atoms with E-state index in [0.717, 1.165) is 27.9 Å². The molecule has 0 aliphatic carbocycles. The summed E-state index contributed by atoms with van der Waals surface area (Å²) in [5, 5.41) is 2.77. The Balaban J connectivity index is 2.02. The fraction of sp³-hybridized carbons (Fsp3) is 0.176. The van der Waals surface area contributed by atoms with E-state index in [0.29, 0.717) is 12.0 Å². The summed E-state index contributed by atoms with van der Waals surface area (Å²) in [4.78, 5) is 23.9. The molecule has 0 atom stereocenters. The molecule has 0 radical (unpaired) electrons. The second-order valence-electron chi connectivity index (χ2n) is 5.17. The van der Waals surface area contributed by atoms with Crippen LogP contribution >= 0.6 is 0 Å². The maximum Gasteiger partial charge on any atom is 0.228 e. The maximum absolute atomic E-state index is 12.6. The molecule has 1 N–H and O–H groups in total. The summed E-state index contributed by atoms with van der Waals surface area (Å²) in [5.74, 6) is -0.00955. The Morgan fingerprint density at radius 1 is 1.15 bits per heavy atom. The van der Waals surface area contributed by atoms with Crippen molar-refractivity contribution in [2.75, 3.05) is 5.32 Å². The molecule has 100 valence electrons. The SMILES string of the molecule is Cc1cccc(C(=O)c2ccc3c(c2)CC(=O)N3)c1C. The molecule has 0 fully saturated rings. The van der Waals surface area contributed by atoms with Gasteiger partial charge in [-0.05, 0) is 48.7 Å². The van der Waals surface area contributed by atoms with E-state index in [1.54, 1.807) is 12.1 Å². The van der Waals surface area contributed by atoms with Crippen molar-refractivity contribution in [1.29, 1.82) is 0 Å². The van der Waals surface area contributed by atoms with E-state index in [1.165, 1.54) is 0 Å². The lowest BCUT2D eigenvalue weighted by molar-refractivity contribution is -0.115. The number of hydrogen-bond acceptors (Lipinski definition) is 2. The minimum absolute atomic E-state index is 0.00773. The number of carbonyl (C=O) groups is 2. The number of anilines is 1. The predicted molar refractivity (Wildman–Crippen MR) is 78.1 cm³/mol. The Kier molecular flexibility index (Phi) is 2.90. The molecule has 20 heavy (non-hydrogen) atoms. The van der Waals surface area contributed by atoms with Crippen LogP contribution in [0.1, 0.15) is 32.6 Å². The van der Waals surface area contributed by atoms with Crippen molar-refractivity contribution in [3.05, 3.63) is 64.2 Å². The van der Waals surface area contributed by atoms with Crippen LogP contribution in [0.3, 0.4) is 0 Å². The zero-order valence-corrected chi connectivity index (χ0v) is 11.5. The van der Waals surface area contributed by atoms with Crippen LogP contribution in [-0.4, -0.2) is 11.7 Å². The molecule has 1 aliphatic rings. The van der Waals surface area contributed by atoms with Gasteiger partial charge in [0.2, 0.25) is 5.91 Å². The van der Waals surface area contributed by atoms with Gasteiger partial charge in [0, 0.05) is 16.8 Å². The molecule has 3 rings (SSSR count). The van der Waals surface area contributed by atoms with Gasteiger partial charge in [-0.2, -0.15) is 0 Å². The molecular formula is C17H15NO2. The summed E-state index contributed by atoms with van der Waals surface area (Å²) < 4.78 is 0. The first-order chi connectivity index (χ1) is 9.56. The van der Waals surface area contributed by atoms with Gasteiger partial charge in [0.1, 0.15) is 0 Å². The van der Waals surface area contributed by atoms with Crippen LogP contribution in [0, 0.1) is 13.8 Å². The first-order valence-corrected chi connectivity index (χ1v) is 6.60. The van der Waals surface area contributed by atoms with Crippen molar-refractivity contribution in [3.63, 3.8) is 0 Å². The van der Waals surface area contributed by atoms with Crippen LogP contribution in [0.4, 0.5) is 5.69 Å². The van der Waals surface area contributed by atoms with Crippen LogP contribution in [0.2, 0.25) is 0 Å². The molecular weight excluding hydrogens is 250 g/mol. The van der Waals surface area contributed by atoms with Crippen molar-refractivity contribution in [3.8, 4) is 0 Å². The quantitative estimate of drug-likeness (QED) is 0.848. The molecule has 0 spiro atoms. The van der Waals surface area contributed by atoms with Crippen LogP contribution < -0.4 is 5.32 Å². The van der Waals surface area contributed by atoms with Crippen molar-refractivity contribution >= 4 is 17.4 Å². The molecule has 0 aromatic heterocycles. The van der Waals surface area contributed by atoms with E-state index in [4.69, 9.17) is 0 Å². The molecule has 0 saturated heterocycles. The summed E-state index contributed by atoms with van der Waals surface area (Å²) in [6.07, 6.45) is 0.350. The number of rotatable bonds is 2. The van der Waals surface area contributed by atoms with Gasteiger partial charge in [0.25, 0.3) is 0 Å². The highest BCUT2D eigenvalue weighted by Gasteiger charge is 2.20. The number of amides is 1. The van der Waals surface area contributed by atoms with Crippen molar-refractivity contribution < 1.29 is 9.59 Å². The van der Waals surface area contributed by atoms with E-state index in [2.05, 4.69) is 5.32 Å². The van der Waals surface area contributed by atoms with E-state index in [9.17, 15) is 9.59 Å². The molecule has 2 aromatic rings. The number of benzene rings is 2. The maximum atomic E-state index is 12.6. The Hall–Kier alpha value is -2.42. The Bertz CT molecular complexity index is 732.